The van der Waals surface area contributed by atoms with Crippen LogP contribution in [0.2, 0.25) is 0 Å². The Morgan fingerprint density at radius 2 is 1.56 bits per heavy atom. The second-order valence-electron chi connectivity index (χ2n) is 10.1. The lowest BCUT2D eigenvalue weighted by Gasteiger charge is -2.24. The van der Waals surface area contributed by atoms with Crippen LogP contribution in [0.5, 0.6) is 0 Å². The predicted molar refractivity (Wildman–Crippen MR) is 134 cm³/mol. The molecule has 6 heteroatoms. The fourth-order valence-electron chi connectivity index (χ4n) is 6.02. The zero-order valence-corrected chi connectivity index (χ0v) is 20.1. The van der Waals surface area contributed by atoms with Crippen molar-refractivity contribution in [3.63, 3.8) is 0 Å². The standard InChI is InChI=1S/C30H31F3N2O/c31-30(32,33)25-13-7-8-21(16-25)18-35-19-24-14-15-28(27(24)20-35)34-29(36)17-26(22-9-3-1-4-10-22)23-11-5-2-6-12-23/h1-13,16,24,26-28H,14-15,17-20H2,(H,34,36)/t24-,27+,28-/m0/s1. The van der Waals surface area contributed by atoms with Crippen LogP contribution in [-0.2, 0) is 17.5 Å². The summed E-state index contributed by atoms with van der Waals surface area (Å²) in [7, 11) is 0. The number of likely N-dealkylation sites (tertiary alicyclic amines) is 1. The smallest absolute Gasteiger partial charge is 0.353 e. The summed E-state index contributed by atoms with van der Waals surface area (Å²) < 4.78 is 39.3. The number of carbonyl (C=O) groups excluding carboxylic acids is 1. The van der Waals surface area contributed by atoms with Gasteiger partial charge in [0, 0.05) is 38.0 Å². The Morgan fingerprint density at radius 3 is 2.19 bits per heavy atom. The van der Waals surface area contributed by atoms with E-state index < -0.39 is 11.7 Å². The van der Waals surface area contributed by atoms with Crippen LogP contribution < -0.4 is 5.32 Å². The Morgan fingerprint density at radius 1 is 0.889 bits per heavy atom. The summed E-state index contributed by atoms with van der Waals surface area (Å²) in [5, 5.41) is 3.32. The Hall–Kier alpha value is -3.12. The highest BCUT2D eigenvalue weighted by molar-refractivity contribution is 5.78. The molecule has 1 saturated carbocycles. The van der Waals surface area contributed by atoms with E-state index in [1.807, 2.05) is 36.4 Å². The third-order valence-corrected chi connectivity index (χ3v) is 7.73. The molecule has 1 aliphatic heterocycles. The molecule has 1 saturated heterocycles. The van der Waals surface area contributed by atoms with Crippen LogP contribution in [0.15, 0.2) is 84.9 Å². The number of halogens is 3. The summed E-state index contributed by atoms with van der Waals surface area (Å²) in [5.74, 6) is 0.854. The molecule has 36 heavy (non-hydrogen) atoms. The van der Waals surface area contributed by atoms with Crippen LogP contribution in [0.3, 0.4) is 0 Å². The largest absolute Gasteiger partial charge is 0.416 e. The maximum Gasteiger partial charge on any atom is 0.416 e. The Bertz CT molecular complexity index is 1130. The normalized spacial score (nSPS) is 22.1. The Balaban J connectivity index is 1.21. The van der Waals surface area contributed by atoms with Crippen molar-refractivity contribution in [3.8, 4) is 0 Å². The van der Waals surface area contributed by atoms with E-state index in [0.717, 1.165) is 43.1 Å². The second-order valence-corrected chi connectivity index (χ2v) is 10.1. The summed E-state index contributed by atoms with van der Waals surface area (Å²) in [6.07, 6.45) is -1.95. The van der Waals surface area contributed by atoms with Gasteiger partial charge in [0.1, 0.15) is 0 Å². The molecule has 5 rings (SSSR count). The predicted octanol–water partition coefficient (Wildman–Crippen LogP) is 6.25. The number of nitrogens with one attached hydrogen (secondary N) is 1. The first-order valence-electron chi connectivity index (χ1n) is 12.6. The second kappa shape index (κ2) is 10.5. The van der Waals surface area contributed by atoms with E-state index in [4.69, 9.17) is 0 Å². The molecule has 1 amide bonds. The highest BCUT2D eigenvalue weighted by Crippen LogP contribution is 2.39. The molecule has 3 nitrogen and oxygen atoms in total. The van der Waals surface area contributed by atoms with Gasteiger partial charge in [-0.1, -0.05) is 78.9 Å². The van der Waals surface area contributed by atoms with E-state index in [-0.39, 0.29) is 17.9 Å². The van der Waals surface area contributed by atoms with Crippen molar-refractivity contribution in [1.29, 1.82) is 0 Å². The van der Waals surface area contributed by atoms with E-state index in [1.54, 1.807) is 6.07 Å². The molecule has 0 aromatic heterocycles. The molecule has 0 unspecified atom stereocenters. The third-order valence-electron chi connectivity index (χ3n) is 7.73. The average Bonchev–Trinajstić information content (AvgIpc) is 3.44. The van der Waals surface area contributed by atoms with Crippen LogP contribution in [0.25, 0.3) is 0 Å². The minimum atomic E-state index is -4.33. The SMILES string of the molecule is O=C(CC(c1ccccc1)c1ccccc1)N[C@H]1CC[C@H]2CN(Cc3cccc(C(F)(F)F)c3)C[C@H]21. The van der Waals surface area contributed by atoms with Gasteiger partial charge in [-0.2, -0.15) is 13.2 Å². The summed E-state index contributed by atoms with van der Waals surface area (Å²) in [6, 6.07) is 26.0. The van der Waals surface area contributed by atoms with Crippen molar-refractivity contribution in [3.05, 3.63) is 107 Å². The van der Waals surface area contributed by atoms with Gasteiger partial charge in [0.15, 0.2) is 0 Å². The minimum absolute atomic E-state index is 0.00872. The zero-order chi connectivity index (χ0) is 25.1. The quantitative estimate of drug-likeness (QED) is 0.423. The van der Waals surface area contributed by atoms with E-state index >= 15 is 0 Å². The summed E-state index contributed by atoms with van der Waals surface area (Å²) in [6.45, 7) is 2.16. The number of carbonyl (C=O) groups is 1. The molecule has 188 valence electrons. The Labute approximate surface area is 210 Å². The number of rotatable bonds is 7. The molecular formula is C30H31F3N2O. The molecule has 0 bridgehead atoms. The summed E-state index contributed by atoms with van der Waals surface area (Å²) >= 11 is 0. The fourth-order valence-corrected chi connectivity index (χ4v) is 6.02. The van der Waals surface area contributed by atoms with Crippen LogP contribution in [0.1, 0.15) is 47.4 Å². The first kappa shape index (κ1) is 24.6. The number of amides is 1. The van der Waals surface area contributed by atoms with Crippen molar-refractivity contribution >= 4 is 5.91 Å². The first-order chi connectivity index (χ1) is 17.4. The highest BCUT2D eigenvalue weighted by Gasteiger charge is 2.43. The number of benzene rings is 3. The average molecular weight is 493 g/mol. The third kappa shape index (κ3) is 5.65. The minimum Gasteiger partial charge on any atom is -0.353 e. The van der Waals surface area contributed by atoms with E-state index in [9.17, 15) is 18.0 Å². The molecule has 0 spiro atoms. The zero-order valence-electron chi connectivity index (χ0n) is 20.1. The van der Waals surface area contributed by atoms with Gasteiger partial charge in [-0.15, -0.1) is 0 Å². The molecule has 2 aliphatic rings. The molecule has 3 aromatic rings. The van der Waals surface area contributed by atoms with E-state index in [1.165, 1.54) is 12.1 Å². The number of fused-ring (bicyclic) bond motifs is 1. The monoisotopic (exact) mass is 492 g/mol. The number of alkyl halides is 3. The van der Waals surface area contributed by atoms with Crippen LogP contribution >= 0.6 is 0 Å². The van der Waals surface area contributed by atoms with Crippen LogP contribution in [0.4, 0.5) is 13.2 Å². The lowest BCUT2D eigenvalue weighted by molar-refractivity contribution is -0.137. The van der Waals surface area contributed by atoms with E-state index in [0.29, 0.717) is 30.4 Å². The van der Waals surface area contributed by atoms with E-state index in [2.05, 4.69) is 34.5 Å². The van der Waals surface area contributed by atoms with Gasteiger partial charge in [0.05, 0.1) is 5.56 Å². The lowest BCUT2D eigenvalue weighted by atomic mass is 9.88. The van der Waals surface area contributed by atoms with Crippen molar-refractivity contribution in [1.82, 2.24) is 10.2 Å². The number of nitrogens with zero attached hydrogens (tertiary/aromatic N) is 1. The van der Waals surface area contributed by atoms with Gasteiger partial charge in [-0.05, 0) is 47.4 Å². The van der Waals surface area contributed by atoms with Crippen molar-refractivity contribution in [2.45, 2.75) is 43.9 Å². The van der Waals surface area contributed by atoms with Gasteiger partial charge in [0.25, 0.3) is 0 Å². The van der Waals surface area contributed by atoms with Crippen LogP contribution in [-0.4, -0.2) is 29.9 Å². The van der Waals surface area contributed by atoms with Crippen molar-refractivity contribution in [2.24, 2.45) is 11.8 Å². The highest BCUT2D eigenvalue weighted by atomic mass is 19.4. The Kier molecular flexibility index (Phi) is 7.15. The van der Waals surface area contributed by atoms with Gasteiger partial charge in [0.2, 0.25) is 5.91 Å². The molecule has 2 fully saturated rings. The van der Waals surface area contributed by atoms with Gasteiger partial charge >= 0.3 is 6.18 Å². The maximum atomic E-state index is 13.2. The summed E-state index contributed by atoms with van der Waals surface area (Å²) in [5.41, 5.74) is 2.32. The van der Waals surface area contributed by atoms with Crippen LogP contribution in [0, 0.1) is 11.8 Å². The maximum absolute atomic E-state index is 13.2. The lowest BCUT2D eigenvalue weighted by Crippen LogP contribution is -2.40. The molecular weight excluding hydrogens is 461 g/mol. The molecule has 1 heterocycles. The van der Waals surface area contributed by atoms with Crippen molar-refractivity contribution in [2.75, 3.05) is 13.1 Å². The molecule has 3 atom stereocenters. The summed E-state index contributed by atoms with van der Waals surface area (Å²) in [4.78, 5) is 15.5. The molecule has 1 N–H and O–H groups in total. The number of hydrogen-bond donors (Lipinski definition) is 1. The van der Waals surface area contributed by atoms with Crippen molar-refractivity contribution < 1.29 is 18.0 Å². The van der Waals surface area contributed by atoms with Gasteiger partial charge in [-0.3, -0.25) is 9.69 Å². The molecule has 3 aromatic carbocycles. The fraction of sp³-hybridized carbons (Fsp3) is 0.367. The molecule has 0 radical (unpaired) electrons. The van der Waals surface area contributed by atoms with Gasteiger partial charge < -0.3 is 5.32 Å². The first-order valence-corrected chi connectivity index (χ1v) is 12.6. The molecule has 1 aliphatic carbocycles. The number of hydrogen-bond acceptors (Lipinski definition) is 2. The van der Waals surface area contributed by atoms with Gasteiger partial charge in [-0.25, -0.2) is 0 Å². The topological polar surface area (TPSA) is 32.3 Å².